The van der Waals surface area contributed by atoms with Crippen LogP contribution in [0, 0.1) is 0 Å². The summed E-state index contributed by atoms with van der Waals surface area (Å²) < 4.78 is 5.11. The van der Waals surface area contributed by atoms with Crippen LogP contribution in [0.2, 0.25) is 0 Å². The molecule has 2 nitrogen and oxygen atoms in total. The van der Waals surface area contributed by atoms with Gasteiger partial charge in [0.1, 0.15) is 0 Å². The van der Waals surface area contributed by atoms with Crippen molar-refractivity contribution < 1.29 is 0 Å². The molecule has 302 valence electrons. The summed E-state index contributed by atoms with van der Waals surface area (Å²) in [6.45, 7) is 0.710. The lowest BCUT2D eigenvalue weighted by Crippen LogP contribution is -2.17. The first kappa shape index (κ1) is 37.8. The molecule has 0 N–H and O–H groups in total. The van der Waals surface area contributed by atoms with Crippen LogP contribution in [0.3, 0.4) is 0 Å². The van der Waals surface area contributed by atoms with Gasteiger partial charge in [0.05, 0.1) is 21.4 Å². The van der Waals surface area contributed by atoms with Crippen LogP contribution < -0.4 is 4.90 Å². The molecule has 0 atom stereocenters. The Morgan fingerprint density at radius 1 is 0.359 bits per heavy atom. The average Bonchev–Trinajstić information content (AvgIpc) is 3.93. The highest BCUT2D eigenvalue weighted by Gasteiger charge is 2.20. The van der Waals surface area contributed by atoms with Crippen LogP contribution in [0.5, 0.6) is 0 Å². The Morgan fingerprint density at radius 3 is 1.66 bits per heavy atom. The van der Waals surface area contributed by atoms with Crippen LogP contribution in [0.1, 0.15) is 5.56 Å². The number of fused-ring (bicyclic) bond motifs is 6. The van der Waals surface area contributed by atoms with Crippen LogP contribution in [-0.4, -0.2) is 4.57 Å². The SMILES string of the molecule is c1ccc(-c2ccc(-c3ccc(N(Cc4ccccc4-c4cccc(-c5cccc6c5c5ccccc5n6-c5cccc6c5sc5ccccc56)c4)c4ccccc4)cc3)cc2)cc1. The maximum Gasteiger partial charge on any atom is 0.0640 e. The zero-order valence-electron chi connectivity index (χ0n) is 35.1. The second-order valence-electron chi connectivity index (χ2n) is 16.5. The van der Waals surface area contributed by atoms with Gasteiger partial charge in [0.15, 0.2) is 0 Å². The molecule has 64 heavy (non-hydrogen) atoms. The Balaban J connectivity index is 0.914. The minimum Gasteiger partial charge on any atom is -0.337 e. The second kappa shape index (κ2) is 16.0. The summed E-state index contributed by atoms with van der Waals surface area (Å²) in [7, 11) is 0. The minimum atomic E-state index is 0.710. The molecule has 0 saturated heterocycles. The van der Waals surface area contributed by atoms with Gasteiger partial charge in [0.2, 0.25) is 0 Å². The second-order valence-corrected chi connectivity index (χ2v) is 17.5. The van der Waals surface area contributed by atoms with Gasteiger partial charge in [0, 0.05) is 44.2 Å². The molecule has 0 fully saturated rings. The standard InChI is InChI=1S/C61H42N2S/c1-3-16-42(17-4-1)43-32-34-44(35-33-43)45-36-38-50(39-37-45)62(49-21-5-2-6-22-49)41-48-18-7-8-23-51(48)46-19-13-20-47(40-46)52-26-14-29-57-60(52)55-25-9-11-28-56(55)63(57)58-30-15-27-54-53-24-10-12-31-59(53)64-61(54)58/h1-40H,41H2. The average molecular weight is 835 g/mol. The van der Waals surface area contributed by atoms with E-state index in [9.17, 15) is 0 Å². The van der Waals surface area contributed by atoms with Crippen LogP contribution in [0.15, 0.2) is 243 Å². The van der Waals surface area contributed by atoms with Gasteiger partial charge in [-0.05, 0) is 105 Å². The largest absolute Gasteiger partial charge is 0.337 e. The molecule has 0 saturated carbocycles. The molecule has 10 aromatic carbocycles. The van der Waals surface area contributed by atoms with E-state index >= 15 is 0 Å². The molecule has 0 aliphatic carbocycles. The summed E-state index contributed by atoms with van der Waals surface area (Å²) in [5.41, 5.74) is 16.9. The number of thiophene rings is 1. The van der Waals surface area contributed by atoms with Gasteiger partial charge in [-0.1, -0.05) is 188 Å². The molecule has 12 rings (SSSR count). The maximum atomic E-state index is 2.48. The Labute approximate surface area is 377 Å². The Morgan fingerprint density at radius 2 is 0.875 bits per heavy atom. The van der Waals surface area contributed by atoms with Crippen LogP contribution >= 0.6 is 11.3 Å². The van der Waals surface area contributed by atoms with E-state index in [-0.39, 0.29) is 0 Å². The molecule has 2 aromatic heterocycles. The molecule has 0 bridgehead atoms. The molecule has 0 unspecified atom stereocenters. The van der Waals surface area contributed by atoms with Gasteiger partial charge in [-0.3, -0.25) is 0 Å². The van der Waals surface area contributed by atoms with Gasteiger partial charge in [-0.2, -0.15) is 0 Å². The molecule has 12 aromatic rings. The lowest BCUT2D eigenvalue weighted by atomic mass is 9.93. The molecule has 3 heteroatoms. The van der Waals surface area contributed by atoms with E-state index in [1.165, 1.54) is 97.7 Å². The van der Waals surface area contributed by atoms with Crippen molar-refractivity contribution in [3.63, 3.8) is 0 Å². The van der Waals surface area contributed by atoms with Crippen molar-refractivity contribution in [1.29, 1.82) is 0 Å². The van der Waals surface area contributed by atoms with Crippen molar-refractivity contribution >= 4 is 64.7 Å². The Kier molecular flexibility index (Phi) is 9.47. The third-order valence-corrected chi connectivity index (χ3v) is 13.9. The van der Waals surface area contributed by atoms with Crippen molar-refractivity contribution in [2.75, 3.05) is 4.90 Å². The fourth-order valence-electron chi connectivity index (χ4n) is 9.65. The van der Waals surface area contributed by atoms with E-state index in [0.717, 1.165) is 11.4 Å². The first-order valence-electron chi connectivity index (χ1n) is 22.0. The number of rotatable bonds is 9. The molecule has 0 aliphatic rings. The first-order valence-corrected chi connectivity index (χ1v) is 22.8. The summed E-state index contributed by atoms with van der Waals surface area (Å²) in [4.78, 5) is 2.43. The van der Waals surface area contributed by atoms with E-state index in [4.69, 9.17) is 0 Å². The van der Waals surface area contributed by atoms with E-state index in [0.29, 0.717) is 6.54 Å². The van der Waals surface area contributed by atoms with Crippen molar-refractivity contribution in [1.82, 2.24) is 4.57 Å². The van der Waals surface area contributed by atoms with E-state index < -0.39 is 0 Å². The highest BCUT2D eigenvalue weighted by molar-refractivity contribution is 7.26. The maximum absolute atomic E-state index is 2.48. The smallest absolute Gasteiger partial charge is 0.0640 e. The van der Waals surface area contributed by atoms with Crippen LogP contribution in [0.25, 0.3) is 92.2 Å². The minimum absolute atomic E-state index is 0.710. The number of hydrogen-bond acceptors (Lipinski definition) is 2. The van der Waals surface area contributed by atoms with Gasteiger partial charge in [0.25, 0.3) is 0 Å². The Bertz CT molecular complexity index is 3620. The predicted octanol–water partition coefficient (Wildman–Crippen LogP) is 17.2. The Hall–Kier alpha value is -7.98. The van der Waals surface area contributed by atoms with Crippen molar-refractivity contribution in [3.05, 3.63) is 248 Å². The zero-order valence-corrected chi connectivity index (χ0v) is 35.9. The first-order chi connectivity index (χ1) is 31.7. The quantitative estimate of drug-likeness (QED) is 0.141. The summed E-state index contributed by atoms with van der Waals surface area (Å²) in [6.07, 6.45) is 0. The molecule has 0 radical (unpaired) electrons. The topological polar surface area (TPSA) is 8.17 Å². The van der Waals surface area contributed by atoms with Crippen molar-refractivity contribution in [2.24, 2.45) is 0 Å². The van der Waals surface area contributed by atoms with Crippen molar-refractivity contribution in [2.45, 2.75) is 6.54 Å². The fourth-order valence-corrected chi connectivity index (χ4v) is 10.9. The molecular weight excluding hydrogens is 793 g/mol. The molecule has 0 amide bonds. The number of hydrogen-bond donors (Lipinski definition) is 0. The zero-order chi connectivity index (χ0) is 42.4. The third-order valence-electron chi connectivity index (χ3n) is 12.7. The highest BCUT2D eigenvalue weighted by atomic mass is 32.1. The van der Waals surface area contributed by atoms with Crippen LogP contribution in [-0.2, 0) is 6.54 Å². The third kappa shape index (κ3) is 6.66. The summed E-state index contributed by atoms with van der Waals surface area (Å²) in [5, 5.41) is 5.14. The normalized spacial score (nSPS) is 11.5. The molecule has 2 heterocycles. The van der Waals surface area contributed by atoms with Gasteiger partial charge < -0.3 is 9.47 Å². The summed E-state index contributed by atoms with van der Waals surface area (Å²) >= 11 is 1.88. The predicted molar refractivity (Wildman–Crippen MR) is 274 cm³/mol. The van der Waals surface area contributed by atoms with Gasteiger partial charge in [-0.15, -0.1) is 11.3 Å². The monoisotopic (exact) mass is 834 g/mol. The van der Waals surface area contributed by atoms with Gasteiger partial charge >= 0.3 is 0 Å². The molecule has 0 spiro atoms. The molecule has 0 aliphatic heterocycles. The van der Waals surface area contributed by atoms with E-state index in [1.54, 1.807) is 0 Å². The highest BCUT2D eigenvalue weighted by Crippen LogP contribution is 2.44. The molecular formula is C61H42N2S. The van der Waals surface area contributed by atoms with Gasteiger partial charge in [-0.25, -0.2) is 0 Å². The van der Waals surface area contributed by atoms with E-state index in [1.807, 2.05) is 11.3 Å². The number of anilines is 2. The summed E-state index contributed by atoms with van der Waals surface area (Å²) in [5.74, 6) is 0. The number of nitrogens with zero attached hydrogens (tertiary/aromatic N) is 2. The summed E-state index contributed by atoms with van der Waals surface area (Å²) in [6, 6.07) is 88.5. The number of para-hydroxylation sites is 2. The number of aromatic nitrogens is 1. The lowest BCUT2D eigenvalue weighted by molar-refractivity contribution is 0.977. The van der Waals surface area contributed by atoms with Crippen molar-refractivity contribution in [3.8, 4) is 50.2 Å². The lowest BCUT2D eigenvalue weighted by Gasteiger charge is -2.27. The number of benzene rings is 10. The fraction of sp³-hybridized carbons (Fsp3) is 0.0164. The van der Waals surface area contributed by atoms with E-state index in [2.05, 4.69) is 252 Å². The van der Waals surface area contributed by atoms with Crippen LogP contribution in [0.4, 0.5) is 11.4 Å².